The summed E-state index contributed by atoms with van der Waals surface area (Å²) in [6.07, 6.45) is 0.777. The van der Waals surface area contributed by atoms with Crippen LogP contribution in [0.3, 0.4) is 0 Å². The lowest BCUT2D eigenvalue weighted by Gasteiger charge is -2.21. The van der Waals surface area contributed by atoms with E-state index in [1.165, 1.54) is 11.3 Å². The minimum Gasteiger partial charge on any atom is -0.305 e. The molecule has 0 aromatic carbocycles. The van der Waals surface area contributed by atoms with Crippen LogP contribution in [0.2, 0.25) is 0 Å². The maximum absolute atomic E-state index is 12.7. The van der Waals surface area contributed by atoms with Crippen LogP contribution in [0.5, 0.6) is 0 Å². The first-order valence-corrected chi connectivity index (χ1v) is 7.79. The molecule has 0 aliphatic carbocycles. The number of anilines is 1. The van der Waals surface area contributed by atoms with Crippen LogP contribution in [0.1, 0.15) is 21.6 Å². The molecule has 7 heteroatoms. The highest BCUT2D eigenvalue weighted by atomic mass is 32.1. The topological polar surface area (TPSA) is 58.1 Å². The van der Waals surface area contributed by atoms with Gasteiger partial charge in [-0.3, -0.25) is 9.69 Å². The Morgan fingerprint density at radius 2 is 2.32 bits per heavy atom. The molecule has 2 aromatic heterocycles. The van der Waals surface area contributed by atoms with Gasteiger partial charge in [-0.2, -0.15) is 0 Å². The van der Waals surface area contributed by atoms with Crippen LogP contribution in [-0.4, -0.2) is 29.5 Å². The zero-order chi connectivity index (χ0) is 13.4. The number of amides is 1. The Morgan fingerprint density at radius 1 is 1.47 bits per heavy atom. The largest absolute Gasteiger partial charge is 0.305 e. The fourth-order valence-electron chi connectivity index (χ4n) is 2.25. The Labute approximate surface area is 119 Å². The minimum absolute atomic E-state index is 0.0517. The summed E-state index contributed by atoms with van der Waals surface area (Å²) in [6, 6.07) is -0.313. The van der Waals surface area contributed by atoms with E-state index in [-0.39, 0.29) is 11.9 Å². The number of hydrogen-bond donors (Lipinski definition) is 1. The average Bonchev–Trinajstić information content (AvgIpc) is 2.98. The second-order valence-corrected chi connectivity index (χ2v) is 6.30. The fourth-order valence-corrected chi connectivity index (χ4v) is 3.80. The van der Waals surface area contributed by atoms with Crippen molar-refractivity contribution in [1.82, 2.24) is 15.3 Å². The van der Waals surface area contributed by atoms with Crippen LogP contribution < -0.4 is 10.2 Å². The molecule has 1 aliphatic rings. The smallest absolute Gasteiger partial charge is 0.250 e. The van der Waals surface area contributed by atoms with Crippen LogP contribution in [0, 0.1) is 6.92 Å². The standard InChI is InChI=1S/C12H14N4OS2/c1-7-15-9(5-18-7)16-4-3-8-11(19-6-14-8)10(13-2)12(16)17/h5-6,10,13H,3-4H2,1-2H3. The van der Waals surface area contributed by atoms with Gasteiger partial charge in [0.25, 0.3) is 5.91 Å². The van der Waals surface area contributed by atoms with E-state index in [9.17, 15) is 4.79 Å². The lowest BCUT2D eigenvalue weighted by molar-refractivity contribution is -0.120. The van der Waals surface area contributed by atoms with Crippen molar-refractivity contribution in [3.8, 4) is 0 Å². The summed E-state index contributed by atoms with van der Waals surface area (Å²) in [5.74, 6) is 0.804. The van der Waals surface area contributed by atoms with Gasteiger partial charge in [0.15, 0.2) is 0 Å². The fraction of sp³-hybridized carbons (Fsp3) is 0.417. The van der Waals surface area contributed by atoms with Gasteiger partial charge in [-0.25, -0.2) is 9.97 Å². The Hall–Kier alpha value is -1.31. The minimum atomic E-state index is -0.313. The highest BCUT2D eigenvalue weighted by Gasteiger charge is 2.33. The highest BCUT2D eigenvalue weighted by Crippen LogP contribution is 2.30. The highest BCUT2D eigenvalue weighted by molar-refractivity contribution is 7.10. The van der Waals surface area contributed by atoms with Crippen molar-refractivity contribution >= 4 is 34.4 Å². The van der Waals surface area contributed by atoms with Gasteiger partial charge in [0.05, 0.1) is 21.1 Å². The maximum Gasteiger partial charge on any atom is 0.250 e. The number of aromatic nitrogens is 2. The van der Waals surface area contributed by atoms with Crippen molar-refractivity contribution in [3.05, 3.63) is 26.5 Å². The summed E-state index contributed by atoms with van der Waals surface area (Å²) >= 11 is 3.10. The predicted molar refractivity (Wildman–Crippen MR) is 76.8 cm³/mol. The number of carbonyl (C=O) groups is 1. The van der Waals surface area contributed by atoms with E-state index in [1.807, 2.05) is 24.9 Å². The number of nitrogens with one attached hydrogen (secondary N) is 1. The third kappa shape index (κ3) is 2.18. The molecular weight excluding hydrogens is 280 g/mol. The molecule has 0 radical (unpaired) electrons. The average molecular weight is 294 g/mol. The van der Waals surface area contributed by atoms with Gasteiger partial charge in [-0.1, -0.05) is 0 Å². The zero-order valence-electron chi connectivity index (χ0n) is 10.7. The van der Waals surface area contributed by atoms with Crippen molar-refractivity contribution < 1.29 is 4.79 Å². The van der Waals surface area contributed by atoms with Gasteiger partial charge in [0.1, 0.15) is 11.9 Å². The van der Waals surface area contributed by atoms with Crippen molar-refractivity contribution in [2.45, 2.75) is 19.4 Å². The summed E-state index contributed by atoms with van der Waals surface area (Å²) in [7, 11) is 1.81. The van der Waals surface area contributed by atoms with Crippen molar-refractivity contribution in [1.29, 1.82) is 0 Å². The number of carbonyl (C=O) groups excluding carboxylic acids is 1. The van der Waals surface area contributed by atoms with Crippen molar-refractivity contribution in [2.24, 2.45) is 0 Å². The predicted octanol–water partition coefficient (Wildman–Crippen LogP) is 1.76. The molecule has 100 valence electrons. The molecule has 0 fully saturated rings. The van der Waals surface area contributed by atoms with Crippen LogP contribution in [0.25, 0.3) is 0 Å². The number of fused-ring (bicyclic) bond motifs is 1. The van der Waals surface area contributed by atoms with E-state index >= 15 is 0 Å². The van der Waals surface area contributed by atoms with Gasteiger partial charge in [0, 0.05) is 18.3 Å². The SMILES string of the molecule is CNC1C(=O)N(c2csc(C)n2)CCc2ncsc21. The van der Waals surface area contributed by atoms with E-state index in [0.29, 0.717) is 6.54 Å². The summed E-state index contributed by atoms with van der Waals surface area (Å²) < 4.78 is 0. The third-order valence-electron chi connectivity index (χ3n) is 3.19. The number of rotatable bonds is 2. The first-order chi connectivity index (χ1) is 9.20. The van der Waals surface area contributed by atoms with Crippen molar-refractivity contribution in [3.63, 3.8) is 0 Å². The number of likely N-dealkylation sites (N-methyl/N-ethyl adjacent to an activating group) is 1. The molecule has 1 aliphatic heterocycles. The number of hydrogen-bond acceptors (Lipinski definition) is 6. The lowest BCUT2D eigenvalue weighted by Crippen LogP contribution is -2.39. The maximum atomic E-state index is 12.7. The van der Waals surface area contributed by atoms with E-state index < -0.39 is 0 Å². The number of thiazole rings is 2. The molecule has 2 aromatic rings. The second kappa shape index (κ2) is 4.99. The molecule has 3 heterocycles. The second-order valence-electron chi connectivity index (χ2n) is 4.35. The van der Waals surface area contributed by atoms with Crippen molar-refractivity contribution in [2.75, 3.05) is 18.5 Å². The number of aryl methyl sites for hydroxylation is 1. The first-order valence-electron chi connectivity index (χ1n) is 6.03. The molecule has 19 heavy (non-hydrogen) atoms. The molecule has 0 saturated heterocycles. The Morgan fingerprint density at radius 3 is 3.00 bits per heavy atom. The Bertz CT molecular complexity index is 606. The molecule has 3 rings (SSSR count). The van der Waals surface area contributed by atoms with Gasteiger partial charge >= 0.3 is 0 Å². The molecule has 0 bridgehead atoms. The molecule has 1 atom stereocenters. The quantitative estimate of drug-likeness (QED) is 0.917. The summed E-state index contributed by atoms with van der Waals surface area (Å²) in [6.45, 7) is 2.58. The molecule has 0 spiro atoms. The van der Waals surface area contributed by atoms with E-state index in [0.717, 1.165) is 27.8 Å². The Kier molecular flexibility index (Phi) is 3.34. The van der Waals surface area contributed by atoms with Gasteiger partial charge in [-0.05, 0) is 14.0 Å². The van der Waals surface area contributed by atoms with E-state index in [4.69, 9.17) is 0 Å². The Balaban J connectivity index is 1.98. The normalized spacial score (nSPS) is 19.4. The molecule has 0 saturated carbocycles. The zero-order valence-corrected chi connectivity index (χ0v) is 12.3. The number of nitrogens with zero attached hydrogens (tertiary/aromatic N) is 3. The van der Waals surface area contributed by atoms with Gasteiger partial charge in [-0.15, -0.1) is 22.7 Å². The van der Waals surface area contributed by atoms with Gasteiger partial charge in [0.2, 0.25) is 0 Å². The third-order valence-corrected chi connectivity index (χ3v) is 4.89. The monoisotopic (exact) mass is 294 g/mol. The molecule has 1 N–H and O–H groups in total. The molecule has 1 unspecified atom stereocenters. The van der Waals surface area contributed by atoms with E-state index in [1.54, 1.807) is 16.2 Å². The first kappa shape index (κ1) is 12.7. The van der Waals surface area contributed by atoms with Crippen LogP contribution in [0.15, 0.2) is 10.9 Å². The molecular formula is C12H14N4OS2. The molecule has 5 nitrogen and oxygen atoms in total. The summed E-state index contributed by atoms with van der Waals surface area (Å²) in [5, 5.41) is 6.01. The lowest BCUT2D eigenvalue weighted by atomic mass is 10.2. The van der Waals surface area contributed by atoms with E-state index in [2.05, 4.69) is 15.3 Å². The molecule has 1 amide bonds. The van der Waals surface area contributed by atoms with Crippen LogP contribution >= 0.6 is 22.7 Å². The summed E-state index contributed by atoms with van der Waals surface area (Å²) in [5.41, 5.74) is 2.83. The summed E-state index contributed by atoms with van der Waals surface area (Å²) in [4.78, 5) is 24.2. The van der Waals surface area contributed by atoms with Crippen LogP contribution in [-0.2, 0) is 11.2 Å². The van der Waals surface area contributed by atoms with Gasteiger partial charge < -0.3 is 5.32 Å². The van der Waals surface area contributed by atoms with Crippen LogP contribution in [0.4, 0.5) is 5.82 Å².